The van der Waals surface area contributed by atoms with Gasteiger partial charge < -0.3 is 90.1 Å². The lowest BCUT2D eigenvalue weighted by Gasteiger charge is -2.12. The van der Waals surface area contributed by atoms with Crippen LogP contribution >= 0.6 is 0 Å². The molecule has 0 aliphatic heterocycles. The Balaban J connectivity index is 3.08. The maximum absolute atomic E-state index is 9.88. The van der Waals surface area contributed by atoms with Gasteiger partial charge in [0.1, 0.15) is 0 Å². The molecular weight excluding hydrogens is 909 g/mol. The Hall–Kier alpha value is -0.543. The van der Waals surface area contributed by atoms with Crippen LogP contribution < -0.4 is 0 Å². The molecule has 0 fully saturated rings. The van der Waals surface area contributed by atoms with E-state index in [0.29, 0.717) is 225 Å². The van der Waals surface area contributed by atoms with Crippen LogP contribution in [0.15, 0.2) is 0 Å². The Morgan fingerprint density at radius 3 is 0.529 bits per heavy atom. The molecular formula is C48H100O19Si. The van der Waals surface area contributed by atoms with Gasteiger partial charge in [-0.25, -0.2) is 0 Å². The minimum Gasteiger partial charge on any atom is -0.432 e. The number of ether oxygens (including phenoxy) is 18. The molecule has 20 heteroatoms. The average molecular weight is 1010 g/mol. The van der Waals surface area contributed by atoms with Crippen LogP contribution in [0, 0.1) is 0 Å². The van der Waals surface area contributed by atoms with Crippen LogP contribution in [0.5, 0.6) is 0 Å². The van der Waals surface area contributed by atoms with Crippen molar-refractivity contribution in [1.82, 2.24) is 0 Å². The Bertz CT molecular complexity index is 899. The lowest BCUT2D eigenvalue weighted by atomic mass is 10.1. The summed E-state index contributed by atoms with van der Waals surface area (Å²) in [4.78, 5) is 9.88. The fourth-order valence-electron chi connectivity index (χ4n) is 5.76. The van der Waals surface area contributed by atoms with Gasteiger partial charge in [0, 0.05) is 13.7 Å². The van der Waals surface area contributed by atoms with Crippen LogP contribution in [-0.4, -0.2) is 251 Å². The fraction of sp³-hybridized carbons (Fsp3) is 1.00. The molecule has 0 amide bonds. The number of rotatable bonds is 63. The zero-order valence-electron chi connectivity index (χ0n) is 43.1. The first kappa shape index (κ1) is 67.5. The molecule has 0 bridgehead atoms. The Morgan fingerprint density at radius 1 is 0.206 bits per heavy atom. The zero-order valence-corrected chi connectivity index (χ0v) is 44.1. The molecule has 0 aromatic rings. The molecule has 410 valence electrons. The summed E-state index contributed by atoms with van der Waals surface area (Å²) in [5.74, 6) is 0. The number of unbranched alkanes of at least 4 members (excludes halogenated alkanes) is 8. The van der Waals surface area contributed by atoms with Crippen molar-refractivity contribution in [3.05, 3.63) is 0 Å². The van der Waals surface area contributed by atoms with Gasteiger partial charge in [0.2, 0.25) is 0 Å². The number of hydrogen-bond donors (Lipinski definition) is 1. The molecule has 0 aliphatic rings. The molecule has 0 atom stereocenters. The molecule has 19 nitrogen and oxygen atoms in total. The predicted octanol–water partition coefficient (Wildman–Crippen LogP) is 4.62. The van der Waals surface area contributed by atoms with Gasteiger partial charge >= 0.3 is 0 Å². The van der Waals surface area contributed by atoms with Crippen LogP contribution in [0.4, 0.5) is 0 Å². The molecule has 0 radical (unpaired) electrons. The lowest BCUT2D eigenvalue weighted by molar-refractivity contribution is -0.0309. The molecule has 0 spiro atoms. The molecule has 0 saturated carbocycles. The van der Waals surface area contributed by atoms with E-state index in [4.69, 9.17) is 85.3 Å². The second-order valence-electron chi connectivity index (χ2n) is 16.1. The number of hydrogen-bond acceptors (Lipinski definition) is 19. The quantitative estimate of drug-likeness (QED) is 0.0657. The van der Waals surface area contributed by atoms with Crippen LogP contribution in [0.1, 0.15) is 57.8 Å². The molecule has 0 rings (SSSR count). The summed E-state index contributed by atoms with van der Waals surface area (Å²) in [5, 5.41) is 0. The van der Waals surface area contributed by atoms with Crippen LogP contribution in [-0.2, 0) is 85.3 Å². The van der Waals surface area contributed by atoms with Gasteiger partial charge in [-0.2, -0.15) is 0 Å². The lowest BCUT2D eigenvalue weighted by Crippen LogP contribution is -2.23. The molecule has 0 saturated heterocycles. The normalized spacial score (nSPS) is 12.0. The Kier molecular flexibility index (Phi) is 60.3. The van der Waals surface area contributed by atoms with E-state index >= 15 is 0 Å². The molecule has 1 N–H and O–H groups in total. The van der Waals surface area contributed by atoms with Crippen molar-refractivity contribution in [1.29, 1.82) is 0 Å². The van der Waals surface area contributed by atoms with Gasteiger partial charge in [0.25, 0.3) is 0 Å². The highest BCUT2D eigenvalue weighted by Crippen LogP contribution is 2.14. The molecule has 0 aromatic carbocycles. The third-order valence-electron chi connectivity index (χ3n) is 9.46. The topological polar surface area (TPSA) is 186 Å². The first-order chi connectivity index (χ1) is 33.6. The van der Waals surface area contributed by atoms with E-state index in [1.807, 2.05) is 13.1 Å². The van der Waals surface area contributed by atoms with Gasteiger partial charge in [0.15, 0.2) is 8.32 Å². The van der Waals surface area contributed by atoms with Crippen molar-refractivity contribution in [2.75, 3.05) is 238 Å². The van der Waals surface area contributed by atoms with E-state index in [1.165, 1.54) is 51.4 Å². The standard InChI is InChI=1S/C48H100O19Si/c1-50-14-15-52-18-19-54-22-23-56-26-27-58-30-31-60-34-35-62-38-39-64-42-43-66-46-47-67-45-44-65-41-40-63-37-36-61-33-32-59-29-28-57-25-24-55-21-20-53-17-16-51-13-11-9-7-5-4-6-8-10-12-48-68(2,3)49/h49H,4-48H2,1-3H3. The summed E-state index contributed by atoms with van der Waals surface area (Å²) in [6.45, 7) is 22.6. The maximum Gasteiger partial charge on any atom is 0.182 e. The highest BCUT2D eigenvalue weighted by Gasteiger charge is 2.15. The summed E-state index contributed by atoms with van der Waals surface area (Å²) in [6, 6.07) is 1.04. The molecule has 0 heterocycles. The highest BCUT2D eigenvalue weighted by molar-refractivity contribution is 6.69. The van der Waals surface area contributed by atoms with E-state index in [-0.39, 0.29) is 0 Å². The van der Waals surface area contributed by atoms with Crippen LogP contribution in [0.3, 0.4) is 0 Å². The minimum absolute atomic E-state index is 0.497. The van der Waals surface area contributed by atoms with Gasteiger partial charge in [0.05, 0.1) is 225 Å². The van der Waals surface area contributed by atoms with Gasteiger partial charge in [-0.05, 0) is 25.6 Å². The van der Waals surface area contributed by atoms with E-state index in [1.54, 1.807) is 7.11 Å². The van der Waals surface area contributed by atoms with Crippen molar-refractivity contribution in [3.63, 3.8) is 0 Å². The summed E-state index contributed by atoms with van der Waals surface area (Å²) >= 11 is 0. The number of methoxy groups -OCH3 is 1. The monoisotopic (exact) mass is 1010 g/mol. The van der Waals surface area contributed by atoms with Crippen LogP contribution in [0.25, 0.3) is 0 Å². The van der Waals surface area contributed by atoms with Gasteiger partial charge in [-0.1, -0.05) is 51.4 Å². The van der Waals surface area contributed by atoms with Crippen molar-refractivity contribution in [2.24, 2.45) is 0 Å². The summed E-state index contributed by atoms with van der Waals surface area (Å²) < 4.78 is 98.5. The predicted molar refractivity (Wildman–Crippen MR) is 262 cm³/mol. The van der Waals surface area contributed by atoms with E-state index in [2.05, 4.69) is 0 Å². The van der Waals surface area contributed by atoms with Crippen molar-refractivity contribution in [2.45, 2.75) is 76.9 Å². The molecule has 68 heavy (non-hydrogen) atoms. The first-order valence-electron chi connectivity index (χ1n) is 25.6. The van der Waals surface area contributed by atoms with Crippen LogP contribution in [0.2, 0.25) is 19.1 Å². The third kappa shape index (κ3) is 65.5. The summed E-state index contributed by atoms with van der Waals surface area (Å²) in [6.07, 6.45) is 11.3. The smallest absolute Gasteiger partial charge is 0.182 e. The van der Waals surface area contributed by atoms with E-state index in [9.17, 15) is 4.80 Å². The summed E-state index contributed by atoms with van der Waals surface area (Å²) in [7, 11) is -0.194. The van der Waals surface area contributed by atoms with Crippen molar-refractivity contribution in [3.8, 4) is 0 Å². The van der Waals surface area contributed by atoms with Gasteiger partial charge in [-0.3, -0.25) is 0 Å². The maximum atomic E-state index is 9.88. The molecule has 0 aliphatic carbocycles. The fourth-order valence-corrected chi connectivity index (χ4v) is 6.88. The van der Waals surface area contributed by atoms with Crippen molar-refractivity contribution >= 4 is 8.32 Å². The van der Waals surface area contributed by atoms with E-state index in [0.717, 1.165) is 19.1 Å². The largest absolute Gasteiger partial charge is 0.432 e. The van der Waals surface area contributed by atoms with Gasteiger partial charge in [-0.15, -0.1) is 0 Å². The Morgan fingerprint density at radius 2 is 0.353 bits per heavy atom. The second-order valence-corrected chi connectivity index (χ2v) is 20.3. The summed E-state index contributed by atoms with van der Waals surface area (Å²) in [5.41, 5.74) is 0. The van der Waals surface area contributed by atoms with E-state index < -0.39 is 8.32 Å². The first-order valence-corrected chi connectivity index (χ1v) is 28.7. The van der Waals surface area contributed by atoms with Crippen molar-refractivity contribution < 1.29 is 90.1 Å². The third-order valence-corrected chi connectivity index (χ3v) is 11.0. The highest BCUT2D eigenvalue weighted by atomic mass is 28.4. The second kappa shape index (κ2) is 60.8. The average Bonchev–Trinajstić information content (AvgIpc) is 3.32. The molecule has 0 aromatic heterocycles. The minimum atomic E-state index is -1.84. The molecule has 0 unspecified atom stereocenters. The SMILES string of the molecule is COCCOCCOCCOCCOCCOCCOCCOCCOCCOCCOCCOCCOCCOCCOCCOCCOCCOCCCCCCCCCCC[Si](C)(C)O. The Labute approximate surface area is 412 Å². The zero-order chi connectivity index (χ0) is 49.0.